The molecule has 2 heterocycles. The Morgan fingerprint density at radius 1 is 1.60 bits per heavy atom. The normalized spacial score (nSPS) is 16.2. The van der Waals surface area contributed by atoms with Crippen LogP contribution >= 0.6 is 0 Å². The van der Waals surface area contributed by atoms with Crippen molar-refractivity contribution in [3.63, 3.8) is 0 Å². The molecule has 0 unspecified atom stereocenters. The van der Waals surface area contributed by atoms with Crippen molar-refractivity contribution in [3.8, 4) is 0 Å². The van der Waals surface area contributed by atoms with E-state index in [4.69, 9.17) is 5.73 Å². The number of aliphatic imine (C=N–C) groups is 1. The lowest BCUT2D eigenvalue weighted by Crippen LogP contribution is -2.25. The van der Waals surface area contributed by atoms with Crippen LogP contribution in [0.3, 0.4) is 0 Å². The van der Waals surface area contributed by atoms with Crippen LogP contribution in [0.15, 0.2) is 17.4 Å². The Morgan fingerprint density at radius 3 is 3.30 bits per heavy atom. The summed E-state index contributed by atoms with van der Waals surface area (Å²) in [5.41, 5.74) is 5.56. The van der Waals surface area contributed by atoms with Gasteiger partial charge in [-0.15, -0.1) is 0 Å². The van der Waals surface area contributed by atoms with E-state index in [0.717, 1.165) is 18.9 Å². The van der Waals surface area contributed by atoms with Gasteiger partial charge in [-0.1, -0.05) is 0 Å². The summed E-state index contributed by atoms with van der Waals surface area (Å²) in [5.74, 6) is 1.35. The first kappa shape index (κ1) is 5.46. The van der Waals surface area contributed by atoms with Crippen molar-refractivity contribution in [2.75, 3.05) is 6.54 Å². The second-order valence-corrected chi connectivity index (χ2v) is 2.21. The number of hydrogen-bond donors (Lipinski definition) is 1. The van der Waals surface area contributed by atoms with E-state index >= 15 is 0 Å². The van der Waals surface area contributed by atoms with E-state index in [1.54, 1.807) is 6.20 Å². The lowest BCUT2D eigenvalue weighted by molar-refractivity contribution is 0.680. The maximum absolute atomic E-state index is 5.56. The van der Waals surface area contributed by atoms with Crippen LogP contribution in [0.5, 0.6) is 0 Å². The van der Waals surface area contributed by atoms with Gasteiger partial charge in [0.25, 0.3) is 0 Å². The molecule has 0 aliphatic carbocycles. The lowest BCUT2D eigenvalue weighted by atomic mass is 10.4. The number of nitrogens with zero attached hydrogens (tertiary/aromatic N) is 3. The molecular formula is C6H8N4. The van der Waals surface area contributed by atoms with Crippen molar-refractivity contribution in [3.05, 3.63) is 18.2 Å². The minimum atomic E-state index is 0.552. The van der Waals surface area contributed by atoms with E-state index in [-0.39, 0.29) is 0 Å². The summed E-state index contributed by atoms with van der Waals surface area (Å²) in [5, 5.41) is 0. The van der Waals surface area contributed by atoms with E-state index < -0.39 is 0 Å². The number of fused-ring (bicyclic) bond motifs is 1. The van der Waals surface area contributed by atoms with Gasteiger partial charge in [-0.25, -0.2) is 4.98 Å². The molecular weight excluding hydrogens is 128 g/mol. The van der Waals surface area contributed by atoms with Crippen LogP contribution in [0.1, 0.15) is 5.82 Å². The van der Waals surface area contributed by atoms with Gasteiger partial charge in [0, 0.05) is 18.9 Å². The zero-order valence-corrected chi connectivity index (χ0v) is 5.49. The molecule has 2 rings (SSSR count). The molecule has 0 fully saturated rings. The Labute approximate surface area is 58.4 Å². The monoisotopic (exact) mass is 136 g/mol. The second-order valence-electron chi connectivity index (χ2n) is 2.21. The van der Waals surface area contributed by atoms with Crippen LogP contribution in [0.4, 0.5) is 0 Å². The van der Waals surface area contributed by atoms with Crippen LogP contribution in [0.25, 0.3) is 0 Å². The van der Waals surface area contributed by atoms with Crippen molar-refractivity contribution in [1.82, 2.24) is 9.55 Å². The van der Waals surface area contributed by atoms with Gasteiger partial charge in [0.1, 0.15) is 0 Å². The molecule has 1 aromatic rings. The van der Waals surface area contributed by atoms with E-state index in [1.807, 2.05) is 10.8 Å². The summed E-state index contributed by atoms with van der Waals surface area (Å²) in [6.07, 6.45) is 3.65. The maximum atomic E-state index is 5.56. The minimum Gasteiger partial charge on any atom is -0.381 e. The SMILES string of the molecule is NC1=NCCn2ccnc21. The molecule has 0 bridgehead atoms. The predicted octanol–water partition coefficient (Wildman–Crippen LogP) is -0.398. The van der Waals surface area contributed by atoms with Crippen LogP contribution in [0, 0.1) is 0 Å². The molecule has 4 heteroatoms. The molecule has 0 spiro atoms. The Kier molecular flexibility index (Phi) is 1.00. The first-order chi connectivity index (χ1) is 4.88. The second kappa shape index (κ2) is 1.83. The number of rotatable bonds is 0. The molecule has 52 valence electrons. The van der Waals surface area contributed by atoms with Gasteiger partial charge in [-0.2, -0.15) is 0 Å². The molecule has 1 aromatic heterocycles. The van der Waals surface area contributed by atoms with Gasteiger partial charge >= 0.3 is 0 Å². The average molecular weight is 136 g/mol. The molecule has 0 aromatic carbocycles. The highest BCUT2D eigenvalue weighted by molar-refractivity contribution is 5.94. The molecule has 0 saturated heterocycles. The van der Waals surface area contributed by atoms with Crippen LogP contribution in [-0.4, -0.2) is 21.9 Å². The predicted molar refractivity (Wildman–Crippen MR) is 37.8 cm³/mol. The summed E-state index contributed by atoms with van der Waals surface area (Å²) in [4.78, 5) is 8.10. The number of imidazole rings is 1. The van der Waals surface area contributed by atoms with Crippen LogP contribution < -0.4 is 5.73 Å². The van der Waals surface area contributed by atoms with Gasteiger partial charge in [-0.3, -0.25) is 4.99 Å². The third-order valence-electron chi connectivity index (χ3n) is 1.57. The first-order valence-corrected chi connectivity index (χ1v) is 3.19. The topological polar surface area (TPSA) is 56.2 Å². The van der Waals surface area contributed by atoms with Crippen molar-refractivity contribution in [2.24, 2.45) is 10.7 Å². The third-order valence-corrected chi connectivity index (χ3v) is 1.57. The molecule has 0 saturated carbocycles. The summed E-state index contributed by atoms with van der Waals surface area (Å²) >= 11 is 0. The molecule has 0 amide bonds. The molecule has 0 radical (unpaired) electrons. The Hall–Kier alpha value is -1.32. The lowest BCUT2D eigenvalue weighted by Gasteiger charge is -2.10. The highest BCUT2D eigenvalue weighted by atomic mass is 15.1. The minimum absolute atomic E-state index is 0.552. The Balaban J connectivity index is 2.55. The van der Waals surface area contributed by atoms with Gasteiger partial charge in [-0.05, 0) is 0 Å². The standard InChI is InChI=1S/C6H8N4/c7-5-6-9-2-4-10(6)3-1-8-5/h2,4H,1,3H2,(H2,7,8). The fourth-order valence-electron chi connectivity index (χ4n) is 1.07. The number of hydrogen-bond acceptors (Lipinski definition) is 3. The van der Waals surface area contributed by atoms with Crippen molar-refractivity contribution < 1.29 is 0 Å². The van der Waals surface area contributed by atoms with Crippen LogP contribution in [0.2, 0.25) is 0 Å². The largest absolute Gasteiger partial charge is 0.381 e. The fraction of sp³-hybridized carbons (Fsp3) is 0.333. The van der Waals surface area contributed by atoms with Crippen molar-refractivity contribution in [2.45, 2.75) is 6.54 Å². The zero-order chi connectivity index (χ0) is 6.97. The highest BCUT2D eigenvalue weighted by Crippen LogP contribution is 2.01. The van der Waals surface area contributed by atoms with E-state index in [0.29, 0.717) is 5.84 Å². The zero-order valence-electron chi connectivity index (χ0n) is 5.49. The van der Waals surface area contributed by atoms with Crippen molar-refractivity contribution >= 4 is 5.84 Å². The van der Waals surface area contributed by atoms with Gasteiger partial charge in [0.05, 0.1) is 6.54 Å². The first-order valence-electron chi connectivity index (χ1n) is 3.19. The van der Waals surface area contributed by atoms with Gasteiger partial charge in [0.2, 0.25) is 0 Å². The molecule has 2 N–H and O–H groups in total. The number of nitrogens with two attached hydrogens (primary N) is 1. The van der Waals surface area contributed by atoms with E-state index in [1.165, 1.54) is 0 Å². The summed E-state index contributed by atoms with van der Waals surface area (Å²) in [6, 6.07) is 0. The quantitative estimate of drug-likeness (QED) is 0.527. The van der Waals surface area contributed by atoms with Gasteiger partial charge < -0.3 is 10.3 Å². The maximum Gasteiger partial charge on any atom is 0.175 e. The number of aromatic nitrogens is 2. The molecule has 0 atom stereocenters. The Morgan fingerprint density at radius 2 is 2.50 bits per heavy atom. The van der Waals surface area contributed by atoms with Gasteiger partial charge in [0.15, 0.2) is 11.7 Å². The van der Waals surface area contributed by atoms with E-state index in [2.05, 4.69) is 9.98 Å². The van der Waals surface area contributed by atoms with E-state index in [9.17, 15) is 0 Å². The van der Waals surface area contributed by atoms with Crippen molar-refractivity contribution in [1.29, 1.82) is 0 Å². The molecule has 4 nitrogen and oxygen atoms in total. The average Bonchev–Trinajstić information content (AvgIpc) is 2.36. The third kappa shape index (κ3) is 0.618. The summed E-state index contributed by atoms with van der Waals surface area (Å²) in [7, 11) is 0. The summed E-state index contributed by atoms with van der Waals surface area (Å²) < 4.78 is 2.00. The highest BCUT2D eigenvalue weighted by Gasteiger charge is 2.09. The fourth-order valence-corrected chi connectivity index (χ4v) is 1.07. The Bertz CT molecular complexity index is 273. The smallest absolute Gasteiger partial charge is 0.175 e. The molecule has 10 heavy (non-hydrogen) atoms. The molecule has 1 aliphatic rings. The molecule has 1 aliphatic heterocycles. The number of amidine groups is 1. The summed E-state index contributed by atoms with van der Waals surface area (Å²) in [6.45, 7) is 1.67. The van der Waals surface area contributed by atoms with Crippen LogP contribution in [-0.2, 0) is 6.54 Å².